The summed E-state index contributed by atoms with van der Waals surface area (Å²) in [5.74, 6) is 2.50. The number of nitriles is 1. The van der Waals surface area contributed by atoms with E-state index < -0.39 is 0 Å². The molecule has 0 amide bonds. The van der Waals surface area contributed by atoms with Gasteiger partial charge in [-0.3, -0.25) is 0 Å². The molecule has 0 radical (unpaired) electrons. The summed E-state index contributed by atoms with van der Waals surface area (Å²) < 4.78 is 4.99. The molecule has 2 nitrogen and oxygen atoms in total. The molecule has 0 saturated heterocycles. The second-order valence-corrected chi connectivity index (χ2v) is 7.54. The zero-order valence-electron chi connectivity index (χ0n) is 14.6. The maximum Gasteiger partial charge on any atom is 0.0700 e. The summed E-state index contributed by atoms with van der Waals surface area (Å²) >= 11 is 0. The Bertz CT molecular complexity index is 275. The summed E-state index contributed by atoms with van der Waals surface area (Å²) in [6.07, 6.45) is 10.2. The van der Waals surface area contributed by atoms with Gasteiger partial charge in [0.05, 0.1) is 18.6 Å². The fourth-order valence-corrected chi connectivity index (χ4v) is 3.00. The minimum absolute atomic E-state index is 0.0555. The number of nitrogens with zero attached hydrogens (tertiary/aromatic N) is 1. The Morgan fingerprint density at radius 2 is 1.38 bits per heavy atom. The van der Waals surface area contributed by atoms with Crippen LogP contribution in [0.3, 0.4) is 0 Å². The Morgan fingerprint density at radius 3 is 1.86 bits per heavy atom. The van der Waals surface area contributed by atoms with E-state index in [4.69, 9.17) is 9.79 Å². The van der Waals surface area contributed by atoms with Crippen molar-refractivity contribution in [3.05, 3.63) is 0 Å². The normalized spacial score (nSPS) is 15.7. The monoisotopic (exact) mass is 313 g/mol. The van der Waals surface area contributed by atoms with E-state index in [-0.39, 0.29) is 5.92 Å². The number of hydrogen-bond donors (Lipinski definition) is 0. The summed E-state index contributed by atoms with van der Waals surface area (Å²) in [7, 11) is 2.23. The molecule has 0 spiro atoms. The van der Waals surface area contributed by atoms with Crippen molar-refractivity contribution in [3.8, 4) is 6.07 Å². The lowest BCUT2D eigenvalue weighted by Crippen LogP contribution is -2.07. The first-order chi connectivity index (χ1) is 9.99. The fraction of sp³-hybridized carbons (Fsp3) is 0.944. The lowest BCUT2D eigenvalue weighted by Gasteiger charge is -2.16. The SMILES string of the molecule is CC(C)CCCC(C)CCCC(C)CCC(C#N)COP. The quantitative estimate of drug-likeness (QED) is 0.392. The molecule has 124 valence electrons. The van der Waals surface area contributed by atoms with Crippen molar-refractivity contribution in [1.29, 1.82) is 5.26 Å². The highest BCUT2D eigenvalue weighted by Crippen LogP contribution is 2.22. The first kappa shape index (κ1) is 20.9. The molecule has 4 atom stereocenters. The third kappa shape index (κ3) is 13.3. The molecule has 0 aromatic heterocycles. The van der Waals surface area contributed by atoms with Crippen molar-refractivity contribution < 1.29 is 4.52 Å². The Morgan fingerprint density at radius 1 is 0.857 bits per heavy atom. The van der Waals surface area contributed by atoms with Gasteiger partial charge in [0, 0.05) is 9.47 Å². The summed E-state index contributed by atoms with van der Waals surface area (Å²) in [5, 5.41) is 9.00. The molecule has 0 aliphatic carbocycles. The van der Waals surface area contributed by atoms with E-state index in [0.717, 1.165) is 30.6 Å². The molecular formula is C18H36NOP. The lowest BCUT2D eigenvalue weighted by molar-refractivity contribution is 0.296. The highest BCUT2D eigenvalue weighted by Gasteiger charge is 2.11. The van der Waals surface area contributed by atoms with Gasteiger partial charge < -0.3 is 4.52 Å². The van der Waals surface area contributed by atoms with Crippen LogP contribution >= 0.6 is 9.47 Å². The molecular weight excluding hydrogens is 277 g/mol. The van der Waals surface area contributed by atoms with Crippen LogP contribution in [0.2, 0.25) is 0 Å². The maximum absolute atomic E-state index is 9.00. The van der Waals surface area contributed by atoms with Gasteiger partial charge in [-0.25, -0.2) is 0 Å². The van der Waals surface area contributed by atoms with E-state index in [1.807, 2.05) is 0 Å². The predicted molar refractivity (Wildman–Crippen MR) is 94.9 cm³/mol. The first-order valence-electron chi connectivity index (χ1n) is 8.70. The van der Waals surface area contributed by atoms with Gasteiger partial charge >= 0.3 is 0 Å². The molecule has 0 saturated carbocycles. The molecule has 0 aromatic carbocycles. The minimum atomic E-state index is 0.0555. The van der Waals surface area contributed by atoms with Crippen LogP contribution in [-0.2, 0) is 4.52 Å². The van der Waals surface area contributed by atoms with E-state index in [1.165, 1.54) is 38.5 Å². The second kappa shape index (κ2) is 13.5. The van der Waals surface area contributed by atoms with Gasteiger partial charge in [-0.05, 0) is 30.6 Å². The Kier molecular flexibility index (Phi) is 13.5. The molecule has 3 heteroatoms. The van der Waals surface area contributed by atoms with E-state index >= 15 is 0 Å². The van der Waals surface area contributed by atoms with Crippen LogP contribution in [0.4, 0.5) is 0 Å². The average molecular weight is 313 g/mol. The molecule has 0 bridgehead atoms. The Balaban J connectivity index is 3.60. The number of hydrogen-bond acceptors (Lipinski definition) is 2. The zero-order chi connectivity index (χ0) is 16.1. The molecule has 0 heterocycles. The van der Waals surface area contributed by atoms with E-state index in [1.54, 1.807) is 0 Å². The molecule has 0 aromatic rings. The van der Waals surface area contributed by atoms with E-state index in [9.17, 15) is 0 Å². The first-order valence-corrected chi connectivity index (χ1v) is 9.18. The summed E-state index contributed by atoms with van der Waals surface area (Å²) in [6.45, 7) is 9.87. The molecule has 0 aliphatic rings. The van der Waals surface area contributed by atoms with Gasteiger partial charge in [0.15, 0.2) is 0 Å². The van der Waals surface area contributed by atoms with Crippen molar-refractivity contribution in [2.45, 2.75) is 79.1 Å². The van der Waals surface area contributed by atoms with Crippen molar-refractivity contribution >= 4 is 9.47 Å². The van der Waals surface area contributed by atoms with Gasteiger partial charge in [-0.15, -0.1) is 0 Å². The second-order valence-electron chi connectivity index (χ2n) is 7.20. The highest BCUT2D eigenvalue weighted by atomic mass is 31.0. The Labute approximate surface area is 135 Å². The Hall–Kier alpha value is -0.120. The van der Waals surface area contributed by atoms with Gasteiger partial charge in [0.2, 0.25) is 0 Å². The smallest absolute Gasteiger partial charge is 0.0700 e. The predicted octanol–water partition coefficient (Wildman–Crippen LogP) is 5.98. The van der Waals surface area contributed by atoms with Gasteiger partial charge in [0.1, 0.15) is 0 Å². The third-order valence-corrected chi connectivity index (χ3v) is 4.55. The standard InChI is InChI=1S/C18H36NOP/c1-15(2)7-5-8-16(3)9-6-10-17(4)11-12-18(13-19)14-20-21/h15-18H,5-12,14,21H2,1-4H3. The van der Waals surface area contributed by atoms with Crippen molar-refractivity contribution in [3.63, 3.8) is 0 Å². The van der Waals surface area contributed by atoms with Crippen LogP contribution < -0.4 is 0 Å². The van der Waals surface area contributed by atoms with Gasteiger partial charge in [-0.1, -0.05) is 66.2 Å². The molecule has 0 fully saturated rings. The van der Waals surface area contributed by atoms with E-state index in [0.29, 0.717) is 6.61 Å². The minimum Gasteiger partial charge on any atom is -0.364 e. The van der Waals surface area contributed by atoms with Crippen LogP contribution in [0.15, 0.2) is 0 Å². The van der Waals surface area contributed by atoms with Crippen molar-refractivity contribution in [1.82, 2.24) is 0 Å². The summed E-state index contributed by atoms with van der Waals surface area (Å²) in [6, 6.07) is 2.33. The van der Waals surface area contributed by atoms with Crippen LogP contribution in [0.25, 0.3) is 0 Å². The van der Waals surface area contributed by atoms with Gasteiger partial charge in [-0.2, -0.15) is 5.26 Å². The summed E-state index contributed by atoms with van der Waals surface area (Å²) in [5.41, 5.74) is 0. The molecule has 21 heavy (non-hydrogen) atoms. The average Bonchev–Trinajstić information content (AvgIpc) is 2.43. The molecule has 4 unspecified atom stereocenters. The van der Waals surface area contributed by atoms with E-state index in [2.05, 4.69) is 43.2 Å². The molecule has 0 rings (SSSR count). The number of rotatable bonds is 13. The van der Waals surface area contributed by atoms with Crippen molar-refractivity contribution in [2.24, 2.45) is 23.7 Å². The zero-order valence-corrected chi connectivity index (χ0v) is 15.8. The largest absolute Gasteiger partial charge is 0.364 e. The lowest BCUT2D eigenvalue weighted by atomic mass is 9.91. The fourth-order valence-electron chi connectivity index (χ4n) is 2.77. The van der Waals surface area contributed by atoms with Crippen molar-refractivity contribution in [2.75, 3.05) is 6.61 Å². The van der Waals surface area contributed by atoms with Crippen LogP contribution in [-0.4, -0.2) is 6.61 Å². The summed E-state index contributed by atoms with van der Waals surface area (Å²) in [4.78, 5) is 0. The van der Waals surface area contributed by atoms with Gasteiger partial charge in [0.25, 0.3) is 0 Å². The maximum atomic E-state index is 9.00. The highest BCUT2D eigenvalue weighted by molar-refractivity contribution is 7.09. The van der Waals surface area contributed by atoms with Crippen LogP contribution in [0, 0.1) is 35.0 Å². The topological polar surface area (TPSA) is 33.0 Å². The van der Waals surface area contributed by atoms with Crippen LogP contribution in [0.1, 0.15) is 79.1 Å². The van der Waals surface area contributed by atoms with Crippen LogP contribution in [0.5, 0.6) is 0 Å². The molecule has 0 N–H and O–H groups in total. The third-order valence-electron chi connectivity index (χ3n) is 4.36. The molecule has 0 aliphatic heterocycles.